The van der Waals surface area contributed by atoms with Gasteiger partial charge in [-0.05, 0) is 35.9 Å². The van der Waals surface area contributed by atoms with Crippen LogP contribution in [0.25, 0.3) is 11.8 Å². The molecule has 0 aliphatic heterocycles. The largest absolute Gasteiger partial charge is 0.389 e. The predicted molar refractivity (Wildman–Crippen MR) is 92.5 cm³/mol. The highest BCUT2D eigenvalue weighted by Crippen LogP contribution is 2.15. The Morgan fingerprint density at radius 3 is 2.74 bits per heavy atom. The molecule has 0 fully saturated rings. The van der Waals surface area contributed by atoms with Crippen molar-refractivity contribution in [2.75, 3.05) is 5.75 Å². The fourth-order valence-corrected chi connectivity index (χ4v) is 3.80. The van der Waals surface area contributed by atoms with Crippen molar-refractivity contribution in [1.29, 1.82) is 5.26 Å². The summed E-state index contributed by atoms with van der Waals surface area (Å²) in [6.45, 7) is 3.71. The van der Waals surface area contributed by atoms with Crippen LogP contribution in [0.1, 0.15) is 24.5 Å². The van der Waals surface area contributed by atoms with Gasteiger partial charge in [-0.2, -0.15) is 13.7 Å². The van der Waals surface area contributed by atoms with E-state index < -0.39 is 10.1 Å². The quantitative estimate of drug-likeness (QED) is 0.778. The van der Waals surface area contributed by atoms with Crippen molar-refractivity contribution in [2.45, 2.75) is 20.3 Å². The number of benzene rings is 1. The van der Waals surface area contributed by atoms with Crippen LogP contribution in [0.15, 0.2) is 35.7 Å². The normalized spacial score (nSPS) is 13.5. The number of aryl methyl sites for hydroxylation is 1. The van der Waals surface area contributed by atoms with Gasteiger partial charge in [-0.1, -0.05) is 31.2 Å². The van der Waals surface area contributed by atoms with Crippen LogP contribution in [0.4, 0.5) is 0 Å². The van der Waals surface area contributed by atoms with Gasteiger partial charge in [0.05, 0.1) is 15.9 Å². The first kappa shape index (κ1) is 17.3. The van der Waals surface area contributed by atoms with Crippen LogP contribution < -0.4 is 9.75 Å². The van der Waals surface area contributed by atoms with E-state index in [4.69, 9.17) is 4.18 Å². The molecular formula is C17H17NO3S2. The molecule has 0 unspecified atom stereocenters. The Balaban J connectivity index is 2.60. The topological polar surface area (TPSA) is 67.2 Å². The Labute approximate surface area is 140 Å². The maximum Gasteiger partial charge on any atom is 0.308 e. The van der Waals surface area contributed by atoms with Crippen LogP contribution in [0.5, 0.6) is 0 Å². The summed E-state index contributed by atoms with van der Waals surface area (Å²) in [4.78, 5) is 0. The van der Waals surface area contributed by atoms with Crippen LogP contribution >= 0.6 is 11.3 Å². The Bertz CT molecular complexity index is 950. The van der Waals surface area contributed by atoms with E-state index in [0.717, 1.165) is 11.1 Å². The van der Waals surface area contributed by atoms with E-state index in [1.807, 2.05) is 36.6 Å². The highest BCUT2D eigenvalue weighted by atomic mass is 32.2. The zero-order chi connectivity index (χ0) is 16.9. The molecule has 0 aliphatic carbocycles. The molecule has 4 nitrogen and oxygen atoms in total. The predicted octanol–water partition coefficient (Wildman–Crippen LogP) is 2.27. The van der Waals surface area contributed by atoms with Crippen molar-refractivity contribution in [3.05, 3.63) is 56.6 Å². The Morgan fingerprint density at radius 1 is 1.35 bits per heavy atom. The number of hydrogen-bond acceptors (Lipinski definition) is 5. The lowest BCUT2D eigenvalue weighted by Gasteiger charge is -2.03. The molecule has 120 valence electrons. The highest BCUT2D eigenvalue weighted by Gasteiger charge is 2.09. The SMILES string of the molecule is CCCS(=O)(=O)O/C=c1\scc\c1=C(\C#N)c1ccccc1C. The number of nitriles is 1. The zero-order valence-electron chi connectivity index (χ0n) is 12.9. The monoisotopic (exact) mass is 347 g/mol. The van der Waals surface area contributed by atoms with E-state index in [1.54, 1.807) is 13.0 Å². The average molecular weight is 347 g/mol. The lowest BCUT2D eigenvalue weighted by molar-refractivity contribution is 0.475. The summed E-state index contributed by atoms with van der Waals surface area (Å²) in [6.07, 6.45) is 1.72. The van der Waals surface area contributed by atoms with Gasteiger partial charge >= 0.3 is 10.1 Å². The third-order valence-corrected chi connectivity index (χ3v) is 5.39. The Hall–Kier alpha value is -2.10. The molecule has 0 radical (unpaired) electrons. The summed E-state index contributed by atoms with van der Waals surface area (Å²) in [6, 6.07) is 11.6. The molecule has 1 heterocycles. The first-order chi connectivity index (χ1) is 11.0. The molecule has 0 amide bonds. The van der Waals surface area contributed by atoms with E-state index in [2.05, 4.69) is 6.07 Å². The molecule has 23 heavy (non-hydrogen) atoms. The summed E-state index contributed by atoms with van der Waals surface area (Å²) in [5, 5.41) is 12.0. The molecule has 6 heteroatoms. The van der Waals surface area contributed by atoms with Gasteiger partial charge in [0.2, 0.25) is 0 Å². The van der Waals surface area contributed by atoms with Crippen LogP contribution in [0, 0.1) is 18.3 Å². The molecule has 0 bridgehead atoms. The maximum absolute atomic E-state index is 11.7. The summed E-state index contributed by atoms with van der Waals surface area (Å²) in [5.41, 5.74) is 2.33. The molecule has 2 rings (SSSR count). The summed E-state index contributed by atoms with van der Waals surface area (Å²) in [7, 11) is -3.57. The minimum absolute atomic E-state index is 0.0309. The van der Waals surface area contributed by atoms with Gasteiger partial charge < -0.3 is 4.18 Å². The van der Waals surface area contributed by atoms with Crippen LogP contribution in [-0.2, 0) is 14.3 Å². The number of hydrogen-bond donors (Lipinski definition) is 0. The molecule has 2 aromatic rings. The highest BCUT2D eigenvalue weighted by molar-refractivity contribution is 7.86. The first-order valence-electron chi connectivity index (χ1n) is 7.13. The van der Waals surface area contributed by atoms with Gasteiger partial charge in [0.1, 0.15) is 12.3 Å². The van der Waals surface area contributed by atoms with E-state index in [-0.39, 0.29) is 5.75 Å². The second-order valence-corrected chi connectivity index (χ2v) is 7.64. The fraction of sp³-hybridized carbons (Fsp3) is 0.235. The number of nitrogens with zero attached hydrogens (tertiary/aromatic N) is 1. The van der Waals surface area contributed by atoms with E-state index in [9.17, 15) is 13.7 Å². The first-order valence-corrected chi connectivity index (χ1v) is 9.59. The lowest BCUT2D eigenvalue weighted by Crippen LogP contribution is -2.23. The smallest absolute Gasteiger partial charge is 0.308 e. The van der Waals surface area contributed by atoms with Crippen molar-refractivity contribution in [2.24, 2.45) is 0 Å². The maximum atomic E-state index is 11.7. The summed E-state index contributed by atoms with van der Waals surface area (Å²) >= 11 is 1.34. The van der Waals surface area contributed by atoms with Crippen molar-refractivity contribution in [3.63, 3.8) is 0 Å². The van der Waals surface area contributed by atoms with Gasteiger partial charge in [0, 0.05) is 5.22 Å². The third-order valence-electron chi connectivity index (χ3n) is 3.25. The second kappa shape index (κ2) is 7.44. The van der Waals surface area contributed by atoms with E-state index in [0.29, 0.717) is 21.7 Å². The molecule has 0 aliphatic rings. The van der Waals surface area contributed by atoms with E-state index >= 15 is 0 Å². The summed E-state index contributed by atoms with van der Waals surface area (Å²) in [5.74, 6) is -0.0309. The molecule has 1 aromatic carbocycles. The van der Waals surface area contributed by atoms with Crippen molar-refractivity contribution < 1.29 is 12.6 Å². The fourth-order valence-electron chi connectivity index (χ4n) is 2.15. The van der Waals surface area contributed by atoms with Crippen molar-refractivity contribution >= 4 is 33.3 Å². The molecular weight excluding hydrogens is 330 g/mol. The van der Waals surface area contributed by atoms with Gasteiger partial charge in [-0.25, -0.2) is 0 Å². The Morgan fingerprint density at radius 2 is 2.09 bits per heavy atom. The molecule has 0 atom stereocenters. The standard InChI is InChI=1S/C17H17NO3S2/c1-3-10-23(19,20)21-12-17-15(8-9-22-17)16(11-18)14-7-5-4-6-13(14)2/h4-9,12H,3,10H2,1-2H3/b16-15+,17-12-. The lowest BCUT2D eigenvalue weighted by atomic mass is 10.0. The minimum Gasteiger partial charge on any atom is -0.389 e. The zero-order valence-corrected chi connectivity index (χ0v) is 14.6. The molecule has 0 saturated heterocycles. The van der Waals surface area contributed by atoms with Gasteiger partial charge in [-0.3, -0.25) is 0 Å². The molecule has 1 aromatic heterocycles. The molecule has 0 spiro atoms. The van der Waals surface area contributed by atoms with Crippen molar-refractivity contribution in [3.8, 4) is 6.07 Å². The van der Waals surface area contributed by atoms with Crippen LogP contribution in [0.3, 0.4) is 0 Å². The minimum atomic E-state index is -3.57. The van der Waals surface area contributed by atoms with Gasteiger partial charge in [0.25, 0.3) is 0 Å². The number of rotatable bonds is 5. The van der Waals surface area contributed by atoms with Crippen LogP contribution in [0.2, 0.25) is 0 Å². The molecule has 0 N–H and O–H groups in total. The van der Waals surface area contributed by atoms with E-state index in [1.165, 1.54) is 17.6 Å². The average Bonchev–Trinajstić information content (AvgIpc) is 2.96. The third kappa shape index (κ3) is 4.21. The Kier molecular flexibility index (Phi) is 5.59. The summed E-state index contributed by atoms with van der Waals surface area (Å²) < 4.78 is 28.9. The van der Waals surface area contributed by atoms with Crippen LogP contribution in [-0.4, -0.2) is 14.2 Å². The van der Waals surface area contributed by atoms with Gasteiger partial charge in [0.15, 0.2) is 0 Å². The molecule has 0 saturated carbocycles. The second-order valence-electron chi connectivity index (χ2n) is 4.98. The van der Waals surface area contributed by atoms with Gasteiger partial charge in [-0.15, -0.1) is 11.3 Å². The number of thiophene rings is 1. The van der Waals surface area contributed by atoms with Crippen molar-refractivity contribution in [1.82, 2.24) is 0 Å².